The topological polar surface area (TPSA) is 55.7 Å². The SMILES string of the molecule is CC(C)CC(=O)CSc1nnc2c(n1)Cc1ccccc1-2. The van der Waals surface area contributed by atoms with Crippen LogP contribution in [0.5, 0.6) is 0 Å². The van der Waals surface area contributed by atoms with Crippen molar-refractivity contribution in [2.75, 3.05) is 5.75 Å². The van der Waals surface area contributed by atoms with Crippen molar-refractivity contribution in [1.29, 1.82) is 0 Å². The number of Topliss-reactive ketones (excluding diaryl/α,β-unsaturated/α-hetero) is 1. The van der Waals surface area contributed by atoms with Gasteiger partial charge in [-0.15, -0.1) is 10.2 Å². The van der Waals surface area contributed by atoms with Crippen molar-refractivity contribution in [2.45, 2.75) is 31.8 Å². The monoisotopic (exact) mass is 299 g/mol. The van der Waals surface area contributed by atoms with Crippen LogP contribution in [0.3, 0.4) is 0 Å². The van der Waals surface area contributed by atoms with E-state index in [1.165, 1.54) is 17.3 Å². The smallest absolute Gasteiger partial charge is 0.209 e. The Hall–Kier alpha value is -1.75. The van der Waals surface area contributed by atoms with Crippen LogP contribution >= 0.6 is 11.8 Å². The highest BCUT2D eigenvalue weighted by Crippen LogP contribution is 2.33. The Balaban J connectivity index is 1.71. The molecule has 0 radical (unpaired) electrons. The maximum absolute atomic E-state index is 11.7. The Morgan fingerprint density at radius 2 is 2.10 bits per heavy atom. The molecule has 21 heavy (non-hydrogen) atoms. The van der Waals surface area contributed by atoms with E-state index >= 15 is 0 Å². The van der Waals surface area contributed by atoms with Gasteiger partial charge < -0.3 is 0 Å². The zero-order chi connectivity index (χ0) is 14.8. The molecule has 1 aliphatic rings. The third-order valence-corrected chi connectivity index (χ3v) is 4.27. The summed E-state index contributed by atoms with van der Waals surface area (Å²) in [5.41, 5.74) is 4.21. The van der Waals surface area contributed by atoms with Crippen molar-refractivity contribution in [1.82, 2.24) is 15.2 Å². The third kappa shape index (κ3) is 3.13. The Kier molecular flexibility index (Phi) is 4.01. The van der Waals surface area contributed by atoms with E-state index in [1.807, 2.05) is 26.0 Å². The molecule has 0 aliphatic heterocycles. The second-order valence-electron chi connectivity index (χ2n) is 5.65. The van der Waals surface area contributed by atoms with Gasteiger partial charge in [-0.05, 0) is 11.5 Å². The van der Waals surface area contributed by atoms with Gasteiger partial charge in [0.25, 0.3) is 0 Å². The van der Waals surface area contributed by atoms with Gasteiger partial charge in [0.2, 0.25) is 5.16 Å². The minimum absolute atomic E-state index is 0.238. The van der Waals surface area contributed by atoms with E-state index in [2.05, 4.69) is 27.3 Å². The molecule has 1 aromatic carbocycles. The number of ketones is 1. The third-order valence-electron chi connectivity index (χ3n) is 3.37. The lowest BCUT2D eigenvalue weighted by atomic mass is 10.1. The van der Waals surface area contributed by atoms with E-state index in [0.717, 1.165) is 23.4 Å². The van der Waals surface area contributed by atoms with Crippen molar-refractivity contribution < 1.29 is 4.79 Å². The Bertz CT molecular complexity index is 685. The van der Waals surface area contributed by atoms with Crippen LogP contribution in [0.4, 0.5) is 0 Å². The Morgan fingerprint density at radius 1 is 1.29 bits per heavy atom. The molecule has 1 aliphatic carbocycles. The van der Waals surface area contributed by atoms with Crippen LogP contribution in [0, 0.1) is 5.92 Å². The first kappa shape index (κ1) is 14.2. The highest BCUT2D eigenvalue weighted by molar-refractivity contribution is 7.99. The molecule has 5 heteroatoms. The molecule has 0 bridgehead atoms. The van der Waals surface area contributed by atoms with Crippen LogP contribution in [0.25, 0.3) is 11.3 Å². The maximum Gasteiger partial charge on any atom is 0.209 e. The zero-order valence-electron chi connectivity index (χ0n) is 12.2. The van der Waals surface area contributed by atoms with Gasteiger partial charge >= 0.3 is 0 Å². The summed E-state index contributed by atoms with van der Waals surface area (Å²) < 4.78 is 0. The van der Waals surface area contributed by atoms with Crippen LogP contribution in [0.15, 0.2) is 29.4 Å². The minimum atomic E-state index is 0.238. The number of carbonyl (C=O) groups excluding carboxylic acids is 1. The first-order valence-electron chi connectivity index (χ1n) is 7.10. The van der Waals surface area contributed by atoms with Gasteiger partial charge in [-0.1, -0.05) is 49.9 Å². The molecule has 0 fully saturated rings. The molecule has 0 unspecified atom stereocenters. The van der Waals surface area contributed by atoms with Crippen molar-refractivity contribution in [2.24, 2.45) is 5.92 Å². The van der Waals surface area contributed by atoms with Gasteiger partial charge in [0.1, 0.15) is 11.5 Å². The number of carbonyl (C=O) groups is 1. The fourth-order valence-corrected chi connectivity index (χ4v) is 3.16. The molecule has 108 valence electrons. The highest BCUT2D eigenvalue weighted by Gasteiger charge is 2.22. The Labute approximate surface area is 128 Å². The number of nitrogens with zero attached hydrogens (tertiary/aromatic N) is 3. The predicted octanol–water partition coefficient (Wildman–Crippen LogP) is 3.15. The molecule has 0 saturated heterocycles. The minimum Gasteiger partial charge on any atom is -0.299 e. The summed E-state index contributed by atoms with van der Waals surface area (Å²) in [5, 5.41) is 9.04. The van der Waals surface area contributed by atoms with Gasteiger partial charge in [-0.2, -0.15) is 0 Å². The van der Waals surface area contributed by atoms with Crippen LogP contribution in [0.1, 0.15) is 31.5 Å². The molecule has 1 heterocycles. The van der Waals surface area contributed by atoms with Gasteiger partial charge in [0.05, 0.1) is 11.4 Å². The van der Waals surface area contributed by atoms with Gasteiger partial charge in [0.15, 0.2) is 0 Å². The average molecular weight is 299 g/mol. The number of thioether (sulfide) groups is 1. The van der Waals surface area contributed by atoms with Gasteiger partial charge in [-0.3, -0.25) is 4.79 Å². The number of aromatic nitrogens is 3. The molecule has 0 atom stereocenters. The highest BCUT2D eigenvalue weighted by atomic mass is 32.2. The number of benzene rings is 1. The van der Waals surface area contributed by atoms with E-state index in [9.17, 15) is 4.79 Å². The van der Waals surface area contributed by atoms with E-state index in [1.54, 1.807) is 0 Å². The quantitative estimate of drug-likeness (QED) is 0.677. The molecule has 1 aromatic heterocycles. The van der Waals surface area contributed by atoms with Crippen molar-refractivity contribution in [3.05, 3.63) is 35.5 Å². The molecule has 2 aromatic rings. The van der Waals surface area contributed by atoms with Crippen molar-refractivity contribution in [3.8, 4) is 11.3 Å². The van der Waals surface area contributed by atoms with Crippen molar-refractivity contribution >= 4 is 17.5 Å². The average Bonchev–Trinajstić information content (AvgIpc) is 2.82. The number of hydrogen-bond donors (Lipinski definition) is 0. The number of fused-ring (bicyclic) bond motifs is 3. The molecular formula is C16H17N3OS. The van der Waals surface area contributed by atoms with Gasteiger partial charge in [0, 0.05) is 18.4 Å². The van der Waals surface area contributed by atoms with E-state index in [4.69, 9.17) is 0 Å². The first-order valence-corrected chi connectivity index (χ1v) is 8.08. The summed E-state index contributed by atoms with van der Waals surface area (Å²) in [7, 11) is 0. The second kappa shape index (κ2) is 5.93. The van der Waals surface area contributed by atoms with Crippen molar-refractivity contribution in [3.63, 3.8) is 0 Å². The summed E-state index contributed by atoms with van der Waals surface area (Å²) in [4.78, 5) is 16.3. The van der Waals surface area contributed by atoms with Crippen LogP contribution in [-0.4, -0.2) is 26.7 Å². The largest absolute Gasteiger partial charge is 0.299 e. The summed E-state index contributed by atoms with van der Waals surface area (Å²) >= 11 is 1.38. The maximum atomic E-state index is 11.7. The lowest BCUT2D eigenvalue weighted by Crippen LogP contribution is -2.06. The van der Waals surface area contributed by atoms with Crippen LogP contribution < -0.4 is 0 Å². The molecule has 0 N–H and O–H groups in total. The summed E-state index contributed by atoms with van der Waals surface area (Å²) in [6.07, 6.45) is 1.41. The Morgan fingerprint density at radius 3 is 2.90 bits per heavy atom. The summed E-state index contributed by atoms with van der Waals surface area (Å²) in [6, 6.07) is 8.18. The van der Waals surface area contributed by atoms with Crippen LogP contribution in [-0.2, 0) is 11.2 Å². The van der Waals surface area contributed by atoms with E-state index in [-0.39, 0.29) is 5.78 Å². The molecule has 0 saturated carbocycles. The summed E-state index contributed by atoms with van der Waals surface area (Å²) in [6.45, 7) is 4.10. The predicted molar refractivity (Wildman–Crippen MR) is 83.3 cm³/mol. The molecule has 3 rings (SSSR count). The second-order valence-corrected chi connectivity index (χ2v) is 6.59. The number of rotatable bonds is 5. The molecule has 0 amide bonds. The fraction of sp³-hybridized carbons (Fsp3) is 0.375. The molecular weight excluding hydrogens is 282 g/mol. The first-order chi connectivity index (χ1) is 10.1. The standard InChI is InChI=1S/C16H17N3OS/c1-10(2)7-12(20)9-21-16-17-14-8-11-5-3-4-6-13(11)15(14)18-19-16/h3-6,10H,7-9H2,1-2H3. The molecule has 4 nitrogen and oxygen atoms in total. The lowest BCUT2D eigenvalue weighted by Gasteiger charge is -2.04. The lowest BCUT2D eigenvalue weighted by molar-refractivity contribution is -0.117. The normalized spacial score (nSPS) is 12.3. The summed E-state index contributed by atoms with van der Waals surface area (Å²) in [5.74, 6) is 1.06. The zero-order valence-corrected chi connectivity index (χ0v) is 13.0. The molecule has 0 spiro atoms. The van der Waals surface area contributed by atoms with Crippen LogP contribution in [0.2, 0.25) is 0 Å². The van der Waals surface area contributed by atoms with E-state index < -0.39 is 0 Å². The van der Waals surface area contributed by atoms with E-state index in [0.29, 0.717) is 23.2 Å². The fourth-order valence-electron chi connectivity index (χ4n) is 2.48. The van der Waals surface area contributed by atoms with Gasteiger partial charge in [-0.25, -0.2) is 4.98 Å². The number of hydrogen-bond acceptors (Lipinski definition) is 5.